The van der Waals surface area contributed by atoms with Gasteiger partial charge in [-0.3, -0.25) is 20.0 Å². The van der Waals surface area contributed by atoms with Crippen LogP contribution in [0, 0.1) is 6.92 Å². The molecule has 0 bridgehead atoms. The molecule has 1 aliphatic heterocycles. The number of nitrogen functional groups attached to an aromatic ring is 1. The fourth-order valence-corrected chi connectivity index (χ4v) is 1.64. The number of nitrogens with two attached hydrogens (primary N) is 2. The molecule has 0 saturated heterocycles. The SMILES string of the molecule is Cc1cnc(C=Nc2cc3c(cc2N)N3N)cn1. The van der Waals surface area contributed by atoms with Gasteiger partial charge in [-0.2, -0.15) is 0 Å². The van der Waals surface area contributed by atoms with Crippen LogP contribution < -0.4 is 16.6 Å². The standard InChI is InChI=1S/C12H12N6/c1-7-4-16-8(5-15-7)6-17-10-3-12-11(18(12)14)2-9(10)13/h2-6H,13-14H2,1H3. The van der Waals surface area contributed by atoms with Gasteiger partial charge in [0.25, 0.3) is 0 Å². The van der Waals surface area contributed by atoms with Gasteiger partial charge >= 0.3 is 0 Å². The maximum Gasteiger partial charge on any atom is 0.0995 e. The van der Waals surface area contributed by atoms with Crippen molar-refractivity contribution >= 4 is 29.0 Å². The molecule has 6 nitrogen and oxygen atoms in total. The van der Waals surface area contributed by atoms with Crippen LogP contribution in [-0.2, 0) is 0 Å². The Balaban J connectivity index is 1.87. The second-order valence-electron chi connectivity index (χ2n) is 4.11. The van der Waals surface area contributed by atoms with Crippen LogP contribution in [0.3, 0.4) is 0 Å². The molecule has 90 valence electrons. The summed E-state index contributed by atoms with van der Waals surface area (Å²) in [6, 6.07) is 3.66. The molecule has 0 unspecified atom stereocenters. The summed E-state index contributed by atoms with van der Waals surface area (Å²) in [4.78, 5) is 12.6. The van der Waals surface area contributed by atoms with Crippen molar-refractivity contribution in [3.63, 3.8) is 0 Å². The highest BCUT2D eigenvalue weighted by Gasteiger charge is 2.27. The van der Waals surface area contributed by atoms with Gasteiger partial charge in [-0.15, -0.1) is 0 Å². The number of anilines is 3. The highest BCUT2D eigenvalue weighted by molar-refractivity contribution is 5.98. The zero-order valence-electron chi connectivity index (χ0n) is 9.83. The molecule has 0 spiro atoms. The molecule has 0 fully saturated rings. The van der Waals surface area contributed by atoms with Crippen molar-refractivity contribution < 1.29 is 0 Å². The molecular weight excluding hydrogens is 228 g/mol. The molecule has 1 aromatic carbocycles. The first-order valence-electron chi connectivity index (χ1n) is 5.46. The quantitative estimate of drug-likeness (QED) is 0.358. The Hall–Kier alpha value is -2.47. The molecule has 0 amide bonds. The molecule has 0 aliphatic carbocycles. The van der Waals surface area contributed by atoms with Gasteiger partial charge in [0.1, 0.15) is 0 Å². The highest BCUT2D eigenvalue weighted by atomic mass is 15.5. The second kappa shape index (κ2) is 3.78. The van der Waals surface area contributed by atoms with Crippen LogP contribution in [0.4, 0.5) is 22.7 Å². The van der Waals surface area contributed by atoms with Crippen LogP contribution >= 0.6 is 0 Å². The number of aliphatic imine (C=N–C) groups is 1. The average molecular weight is 240 g/mol. The molecule has 1 aromatic heterocycles. The number of hydrogen-bond donors (Lipinski definition) is 2. The van der Waals surface area contributed by atoms with E-state index in [4.69, 9.17) is 11.6 Å². The lowest BCUT2D eigenvalue weighted by atomic mass is 10.3. The Kier molecular flexibility index (Phi) is 2.24. The summed E-state index contributed by atoms with van der Waals surface area (Å²) in [5.41, 5.74) is 10.6. The zero-order valence-corrected chi connectivity index (χ0v) is 9.83. The van der Waals surface area contributed by atoms with E-state index in [1.54, 1.807) is 23.6 Å². The third-order valence-electron chi connectivity index (χ3n) is 2.73. The van der Waals surface area contributed by atoms with Gasteiger partial charge in [-0.25, -0.2) is 5.84 Å². The predicted molar refractivity (Wildman–Crippen MR) is 71.2 cm³/mol. The van der Waals surface area contributed by atoms with Crippen LogP contribution in [0.5, 0.6) is 0 Å². The fraction of sp³-hybridized carbons (Fsp3) is 0.0833. The normalized spacial score (nSPS) is 12.9. The Morgan fingerprint density at radius 2 is 2.00 bits per heavy atom. The lowest BCUT2D eigenvalue weighted by Gasteiger charge is -1.96. The van der Waals surface area contributed by atoms with Gasteiger partial charge in [-0.05, 0) is 19.1 Å². The first-order chi connectivity index (χ1) is 8.65. The summed E-state index contributed by atoms with van der Waals surface area (Å²) in [7, 11) is 0. The number of hydrazine groups is 1. The Morgan fingerprint density at radius 3 is 2.72 bits per heavy atom. The number of nitrogens with zero attached hydrogens (tertiary/aromatic N) is 4. The topological polar surface area (TPSA) is 93.2 Å². The summed E-state index contributed by atoms with van der Waals surface area (Å²) in [5.74, 6) is 5.66. The van der Waals surface area contributed by atoms with Crippen LogP contribution in [0.25, 0.3) is 0 Å². The highest BCUT2D eigenvalue weighted by Crippen LogP contribution is 2.49. The number of benzene rings is 1. The first kappa shape index (κ1) is 10.7. The molecule has 0 radical (unpaired) electrons. The monoisotopic (exact) mass is 240 g/mol. The maximum atomic E-state index is 5.87. The largest absolute Gasteiger partial charge is 0.397 e. The molecule has 0 saturated carbocycles. The van der Waals surface area contributed by atoms with Gasteiger partial charge in [0, 0.05) is 6.20 Å². The lowest BCUT2D eigenvalue weighted by Crippen LogP contribution is -2.07. The predicted octanol–water partition coefficient (Wildman–Crippen LogP) is 1.44. The Morgan fingerprint density at radius 1 is 1.22 bits per heavy atom. The molecular formula is C12H12N6. The van der Waals surface area contributed by atoms with Crippen molar-refractivity contribution in [2.75, 3.05) is 10.7 Å². The average Bonchev–Trinajstić information content (AvgIpc) is 2.98. The molecule has 2 heterocycles. The number of aryl methyl sites for hydroxylation is 1. The van der Waals surface area contributed by atoms with Crippen LogP contribution in [0.2, 0.25) is 0 Å². The fourth-order valence-electron chi connectivity index (χ4n) is 1.64. The van der Waals surface area contributed by atoms with E-state index in [1.807, 2.05) is 19.1 Å². The van der Waals surface area contributed by atoms with E-state index in [-0.39, 0.29) is 0 Å². The number of rotatable bonds is 2. The molecule has 18 heavy (non-hydrogen) atoms. The molecule has 0 atom stereocenters. The van der Waals surface area contributed by atoms with Crippen LogP contribution in [0.1, 0.15) is 11.4 Å². The summed E-state index contributed by atoms with van der Waals surface area (Å²) < 4.78 is 0. The smallest absolute Gasteiger partial charge is 0.0995 e. The molecule has 1 aliphatic rings. The molecule has 3 rings (SSSR count). The second-order valence-corrected chi connectivity index (χ2v) is 4.11. The Labute approximate surface area is 104 Å². The van der Waals surface area contributed by atoms with E-state index in [2.05, 4.69) is 15.0 Å². The van der Waals surface area contributed by atoms with Gasteiger partial charge in [-0.1, -0.05) is 0 Å². The van der Waals surface area contributed by atoms with E-state index in [9.17, 15) is 0 Å². The number of hydrogen-bond acceptors (Lipinski definition) is 6. The van der Waals surface area contributed by atoms with Crippen molar-refractivity contribution in [3.05, 3.63) is 35.9 Å². The molecule has 6 heteroatoms. The van der Waals surface area contributed by atoms with Crippen LogP contribution in [0.15, 0.2) is 29.5 Å². The van der Waals surface area contributed by atoms with E-state index in [0.717, 1.165) is 17.1 Å². The van der Waals surface area contributed by atoms with Crippen molar-refractivity contribution in [1.29, 1.82) is 0 Å². The maximum absolute atomic E-state index is 5.87. The third kappa shape index (κ3) is 1.78. The summed E-state index contributed by atoms with van der Waals surface area (Å²) in [6.45, 7) is 1.88. The third-order valence-corrected chi connectivity index (χ3v) is 2.73. The van der Waals surface area contributed by atoms with Gasteiger partial charge < -0.3 is 5.73 Å². The van der Waals surface area contributed by atoms with Gasteiger partial charge in [0.05, 0.1) is 46.5 Å². The van der Waals surface area contributed by atoms with Crippen molar-refractivity contribution in [1.82, 2.24) is 9.97 Å². The van der Waals surface area contributed by atoms with E-state index >= 15 is 0 Å². The zero-order chi connectivity index (χ0) is 12.7. The summed E-state index contributed by atoms with van der Waals surface area (Å²) in [5, 5.41) is 1.57. The first-order valence-corrected chi connectivity index (χ1v) is 5.46. The minimum atomic E-state index is 0.595. The summed E-state index contributed by atoms with van der Waals surface area (Å²) >= 11 is 0. The number of aromatic nitrogens is 2. The van der Waals surface area contributed by atoms with Crippen LogP contribution in [-0.4, -0.2) is 16.2 Å². The number of fused-ring (bicyclic) bond motifs is 1. The van der Waals surface area contributed by atoms with Crippen molar-refractivity contribution in [2.45, 2.75) is 6.92 Å². The van der Waals surface area contributed by atoms with E-state index < -0.39 is 0 Å². The Bertz CT molecular complexity index is 632. The minimum absolute atomic E-state index is 0.595. The lowest BCUT2D eigenvalue weighted by molar-refractivity contribution is 1.11. The van der Waals surface area contributed by atoms with Gasteiger partial charge in [0.2, 0.25) is 0 Å². The van der Waals surface area contributed by atoms with Crippen molar-refractivity contribution in [2.24, 2.45) is 10.8 Å². The molecule has 2 aromatic rings. The summed E-state index contributed by atoms with van der Waals surface area (Å²) in [6.07, 6.45) is 4.99. The van der Waals surface area contributed by atoms with Crippen molar-refractivity contribution in [3.8, 4) is 0 Å². The van der Waals surface area contributed by atoms with E-state index in [1.165, 1.54) is 0 Å². The minimum Gasteiger partial charge on any atom is -0.397 e. The van der Waals surface area contributed by atoms with Gasteiger partial charge in [0.15, 0.2) is 0 Å². The van der Waals surface area contributed by atoms with E-state index in [0.29, 0.717) is 17.1 Å². The molecule has 4 N–H and O–H groups in total.